The average molecular weight is 281 g/mol. The summed E-state index contributed by atoms with van der Waals surface area (Å²) in [6.45, 7) is 2.43. The molecule has 1 aromatic heterocycles. The third-order valence-corrected chi connectivity index (χ3v) is 3.54. The van der Waals surface area contributed by atoms with Crippen LogP contribution in [-0.4, -0.2) is 21.7 Å². The second-order valence-corrected chi connectivity index (χ2v) is 4.80. The van der Waals surface area contributed by atoms with Gasteiger partial charge in [-0.1, -0.05) is 17.7 Å². The molecule has 0 saturated heterocycles. The fourth-order valence-corrected chi connectivity index (χ4v) is 2.14. The van der Waals surface area contributed by atoms with Crippen molar-refractivity contribution in [2.75, 3.05) is 6.79 Å². The Bertz CT molecular complexity index is 612. The Morgan fingerprint density at radius 3 is 2.95 bits per heavy atom. The largest absolute Gasteiger partial charge is 0.454 e. The molecule has 0 amide bonds. The van der Waals surface area contributed by atoms with Crippen molar-refractivity contribution in [3.63, 3.8) is 0 Å². The van der Waals surface area contributed by atoms with Gasteiger partial charge in [0.2, 0.25) is 6.79 Å². The molecule has 3 rings (SSSR count). The summed E-state index contributed by atoms with van der Waals surface area (Å²) in [7, 11) is 0. The van der Waals surface area contributed by atoms with Crippen LogP contribution in [0.4, 0.5) is 0 Å². The second-order valence-electron chi connectivity index (χ2n) is 4.39. The SMILES string of the molecule is Cc1c(Cl)cnn1CC(O)c1ccc2c(c1)OCO2. The number of aromatic nitrogens is 2. The van der Waals surface area contributed by atoms with Crippen LogP contribution in [0.25, 0.3) is 0 Å². The summed E-state index contributed by atoms with van der Waals surface area (Å²) in [5.74, 6) is 1.36. The average Bonchev–Trinajstić information content (AvgIpc) is 2.99. The van der Waals surface area contributed by atoms with Crippen LogP contribution in [0.5, 0.6) is 11.5 Å². The molecule has 6 heteroatoms. The molecule has 0 aliphatic carbocycles. The highest BCUT2D eigenvalue weighted by atomic mass is 35.5. The van der Waals surface area contributed by atoms with E-state index in [1.807, 2.05) is 13.0 Å². The topological polar surface area (TPSA) is 56.5 Å². The predicted octanol–water partition coefficient (Wildman–Crippen LogP) is 2.31. The van der Waals surface area contributed by atoms with Gasteiger partial charge in [-0.25, -0.2) is 0 Å². The van der Waals surface area contributed by atoms with E-state index < -0.39 is 6.10 Å². The number of halogens is 1. The van der Waals surface area contributed by atoms with Gasteiger partial charge in [0.1, 0.15) is 0 Å². The maximum absolute atomic E-state index is 10.2. The Kier molecular flexibility index (Phi) is 3.08. The summed E-state index contributed by atoms with van der Waals surface area (Å²) in [4.78, 5) is 0. The van der Waals surface area contributed by atoms with Crippen molar-refractivity contribution in [3.8, 4) is 11.5 Å². The molecule has 1 aliphatic heterocycles. The molecule has 19 heavy (non-hydrogen) atoms. The molecule has 100 valence electrons. The fraction of sp³-hybridized carbons (Fsp3) is 0.308. The molecule has 2 aromatic rings. The molecule has 2 heterocycles. The van der Waals surface area contributed by atoms with Gasteiger partial charge >= 0.3 is 0 Å². The standard InChI is InChI=1S/C13H13ClN2O3/c1-8-10(14)5-15-16(8)6-11(17)9-2-3-12-13(4-9)19-7-18-12/h2-5,11,17H,6-7H2,1H3. The zero-order chi connectivity index (χ0) is 13.4. The molecule has 1 N–H and O–H groups in total. The number of fused-ring (bicyclic) bond motifs is 1. The van der Waals surface area contributed by atoms with E-state index in [-0.39, 0.29) is 6.79 Å². The third-order valence-electron chi connectivity index (χ3n) is 3.17. The lowest BCUT2D eigenvalue weighted by atomic mass is 10.1. The molecular weight excluding hydrogens is 268 g/mol. The van der Waals surface area contributed by atoms with E-state index in [1.165, 1.54) is 0 Å². The number of nitrogens with zero attached hydrogens (tertiary/aromatic N) is 2. The molecule has 5 nitrogen and oxygen atoms in total. The van der Waals surface area contributed by atoms with Gasteiger partial charge in [-0.3, -0.25) is 4.68 Å². The Labute approximate surface area is 115 Å². The van der Waals surface area contributed by atoms with Gasteiger partial charge in [0.15, 0.2) is 11.5 Å². The Hall–Kier alpha value is -1.72. The molecule has 1 aliphatic rings. The summed E-state index contributed by atoms with van der Waals surface area (Å²) in [5.41, 5.74) is 1.59. The first kappa shape index (κ1) is 12.3. The van der Waals surface area contributed by atoms with Crippen LogP contribution < -0.4 is 9.47 Å². The van der Waals surface area contributed by atoms with Crippen molar-refractivity contribution < 1.29 is 14.6 Å². The molecular formula is C13H13ClN2O3. The molecule has 0 bridgehead atoms. The molecule has 1 aromatic carbocycles. The lowest BCUT2D eigenvalue weighted by Gasteiger charge is -2.13. The van der Waals surface area contributed by atoms with E-state index in [2.05, 4.69) is 5.10 Å². The number of hydrogen-bond donors (Lipinski definition) is 1. The lowest BCUT2D eigenvalue weighted by molar-refractivity contribution is 0.150. The molecule has 0 spiro atoms. The monoisotopic (exact) mass is 280 g/mol. The number of hydrogen-bond acceptors (Lipinski definition) is 4. The van der Waals surface area contributed by atoms with Crippen molar-refractivity contribution in [2.45, 2.75) is 19.6 Å². The Balaban J connectivity index is 1.80. The first-order chi connectivity index (χ1) is 9.15. The number of aliphatic hydroxyl groups excluding tert-OH is 1. The van der Waals surface area contributed by atoms with Gasteiger partial charge in [-0.2, -0.15) is 5.10 Å². The highest BCUT2D eigenvalue weighted by molar-refractivity contribution is 6.31. The summed E-state index contributed by atoms with van der Waals surface area (Å²) in [6, 6.07) is 5.40. The van der Waals surface area contributed by atoms with E-state index in [4.69, 9.17) is 21.1 Å². The summed E-state index contributed by atoms with van der Waals surface area (Å²) in [6.07, 6.45) is 0.896. The Morgan fingerprint density at radius 2 is 2.21 bits per heavy atom. The summed E-state index contributed by atoms with van der Waals surface area (Å²) < 4.78 is 12.2. The molecule has 0 radical (unpaired) electrons. The van der Waals surface area contributed by atoms with Crippen LogP contribution in [0.2, 0.25) is 5.02 Å². The van der Waals surface area contributed by atoms with Crippen molar-refractivity contribution in [1.82, 2.24) is 9.78 Å². The number of rotatable bonds is 3. The van der Waals surface area contributed by atoms with Crippen LogP contribution in [-0.2, 0) is 6.54 Å². The van der Waals surface area contributed by atoms with Gasteiger partial charge in [0, 0.05) is 0 Å². The van der Waals surface area contributed by atoms with Gasteiger partial charge in [-0.05, 0) is 24.6 Å². The highest BCUT2D eigenvalue weighted by Crippen LogP contribution is 2.34. The van der Waals surface area contributed by atoms with Crippen molar-refractivity contribution >= 4 is 11.6 Å². The van der Waals surface area contributed by atoms with E-state index in [1.54, 1.807) is 23.0 Å². The zero-order valence-electron chi connectivity index (χ0n) is 10.3. The maximum Gasteiger partial charge on any atom is 0.231 e. The van der Waals surface area contributed by atoms with Crippen LogP contribution in [0, 0.1) is 6.92 Å². The van der Waals surface area contributed by atoms with E-state index in [0.717, 1.165) is 11.3 Å². The fourth-order valence-electron chi connectivity index (χ4n) is 2.00. The quantitative estimate of drug-likeness (QED) is 0.937. The normalized spacial score (nSPS) is 14.7. The molecule has 1 unspecified atom stereocenters. The summed E-state index contributed by atoms with van der Waals surface area (Å²) >= 11 is 5.93. The minimum absolute atomic E-state index is 0.225. The van der Waals surface area contributed by atoms with Gasteiger partial charge in [0.25, 0.3) is 0 Å². The first-order valence-corrected chi connectivity index (χ1v) is 6.28. The minimum atomic E-state index is -0.677. The van der Waals surface area contributed by atoms with E-state index in [9.17, 15) is 5.11 Å². The van der Waals surface area contributed by atoms with Crippen molar-refractivity contribution in [1.29, 1.82) is 0 Å². The van der Waals surface area contributed by atoms with Crippen LogP contribution in [0.15, 0.2) is 24.4 Å². The first-order valence-electron chi connectivity index (χ1n) is 5.90. The molecule has 0 saturated carbocycles. The van der Waals surface area contributed by atoms with E-state index >= 15 is 0 Å². The van der Waals surface area contributed by atoms with Crippen LogP contribution in [0.3, 0.4) is 0 Å². The van der Waals surface area contributed by atoms with Gasteiger partial charge < -0.3 is 14.6 Å². The van der Waals surface area contributed by atoms with Gasteiger partial charge in [-0.15, -0.1) is 0 Å². The Morgan fingerprint density at radius 1 is 1.42 bits per heavy atom. The van der Waals surface area contributed by atoms with Crippen molar-refractivity contribution in [3.05, 3.63) is 40.7 Å². The van der Waals surface area contributed by atoms with Crippen LogP contribution in [0.1, 0.15) is 17.4 Å². The highest BCUT2D eigenvalue weighted by Gasteiger charge is 2.17. The molecule has 0 fully saturated rings. The van der Waals surface area contributed by atoms with Crippen LogP contribution >= 0.6 is 11.6 Å². The van der Waals surface area contributed by atoms with E-state index in [0.29, 0.717) is 23.1 Å². The predicted molar refractivity (Wildman–Crippen MR) is 69.5 cm³/mol. The third kappa shape index (κ3) is 2.27. The zero-order valence-corrected chi connectivity index (χ0v) is 11.1. The number of benzene rings is 1. The minimum Gasteiger partial charge on any atom is -0.454 e. The second kappa shape index (κ2) is 4.75. The number of aliphatic hydroxyl groups is 1. The summed E-state index contributed by atoms with van der Waals surface area (Å²) in [5, 5.41) is 15.0. The maximum atomic E-state index is 10.2. The molecule has 1 atom stereocenters. The van der Waals surface area contributed by atoms with Gasteiger partial charge in [0.05, 0.1) is 29.6 Å². The number of ether oxygens (including phenoxy) is 2. The lowest BCUT2D eigenvalue weighted by Crippen LogP contribution is -2.11. The van der Waals surface area contributed by atoms with Crippen molar-refractivity contribution in [2.24, 2.45) is 0 Å². The smallest absolute Gasteiger partial charge is 0.231 e.